The van der Waals surface area contributed by atoms with Gasteiger partial charge in [0.05, 0.1) is 6.61 Å². The van der Waals surface area contributed by atoms with Gasteiger partial charge in [0.1, 0.15) is 0 Å². The van der Waals surface area contributed by atoms with Gasteiger partial charge in [-0.05, 0) is 36.8 Å². The van der Waals surface area contributed by atoms with Crippen LogP contribution in [0.2, 0.25) is 0 Å². The van der Waals surface area contributed by atoms with Crippen LogP contribution in [0.1, 0.15) is 46.0 Å². The van der Waals surface area contributed by atoms with Crippen LogP contribution in [0.25, 0.3) is 0 Å². The van der Waals surface area contributed by atoms with Gasteiger partial charge < -0.3 is 9.47 Å². The second-order valence-corrected chi connectivity index (χ2v) is 4.88. The highest BCUT2D eigenvalue weighted by Gasteiger charge is 2.26. The molecule has 0 bridgehead atoms. The lowest BCUT2D eigenvalue weighted by atomic mass is 9.89. The van der Waals surface area contributed by atoms with Crippen LogP contribution in [0.3, 0.4) is 0 Å². The van der Waals surface area contributed by atoms with E-state index >= 15 is 0 Å². The Morgan fingerprint density at radius 2 is 2.29 bits per heavy atom. The summed E-state index contributed by atoms with van der Waals surface area (Å²) in [6, 6.07) is 0. The van der Waals surface area contributed by atoms with Crippen LogP contribution in [0.15, 0.2) is 23.8 Å². The Labute approximate surface area is 106 Å². The summed E-state index contributed by atoms with van der Waals surface area (Å²) in [5.41, 5.74) is 2.48. The third kappa shape index (κ3) is 4.29. The van der Waals surface area contributed by atoms with Crippen molar-refractivity contribution in [1.82, 2.24) is 0 Å². The average Bonchev–Trinajstić information content (AvgIpc) is 2.38. The fourth-order valence-electron chi connectivity index (χ4n) is 2.35. The second kappa shape index (κ2) is 7.67. The summed E-state index contributed by atoms with van der Waals surface area (Å²) in [6.07, 6.45) is 8.02. The van der Waals surface area contributed by atoms with E-state index in [1.165, 1.54) is 36.8 Å². The van der Waals surface area contributed by atoms with E-state index in [1.54, 1.807) is 7.11 Å². The van der Waals surface area contributed by atoms with Gasteiger partial charge in [-0.2, -0.15) is 0 Å². The van der Waals surface area contributed by atoms with Gasteiger partial charge in [0, 0.05) is 7.11 Å². The number of hydrogen-bond donors (Lipinski definition) is 0. The van der Waals surface area contributed by atoms with Crippen molar-refractivity contribution in [2.24, 2.45) is 5.92 Å². The molecule has 2 atom stereocenters. The lowest BCUT2D eigenvalue weighted by molar-refractivity contribution is -0.128. The molecule has 2 heteroatoms. The van der Waals surface area contributed by atoms with E-state index in [0.29, 0.717) is 5.92 Å². The van der Waals surface area contributed by atoms with E-state index in [0.717, 1.165) is 13.0 Å². The predicted octanol–water partition coefficient (Wildman–Crippen LogP) is 4.08. The Kier molecular flexibility index (Phi) is 6.53. The smallest absolute Gasteiger partial charge is 0.179 e. The second-order valence-electron chi connectivity index (χ2n) is 4.88. The minimum atomic E-state index is -0.157. The SMILES string of the molecule is C=C/C(C)=C1/CC(CCCCC)CO[C@H]1OC. The van der Waals surface area contributed by atoms with Crippen LogP contribution >= 0.6 is 0 Å². The Morgan fingerprint density at radius 1 is 1.53 bits per heavy atom. The fourth-order valence-corrected chi connectivity index (χ4v) is 2.35. The van der Waals surface area contributed by atoms with E-state index < -0.39 is 0 Å². The van der Waals surface area contributed by atoms with E-state index in [4.69, 9.17) is 9.47 Å². The number of ether oxygens (including phenoxy) is 2. The molecule has 0 saturated carbocycles. The first-order chi connectivity index (χ1) is 8.22. The Balaban J connectivity index is 2.57. The molecule has 1 aliphatic rings. The van der Waals surface area contributed by atoms with Gasteiger partial charge in [0.2, 0.25) is 0 Å². The average molecular weight is 238 g/mol. The Hall–Kier alpha value is -0.600. The molecule has 0 amide bonds. The fraction of sp³-hybridized carbons (Fsp3) is 0.733. The van der Waals surface area contributed by atoms with E-state index in [1.807, 2.05) is 6.08 Å². The van der Waals surface area contributed by atoms with Crippen molar-refractivity contribution in [3.63, 3.8) is 0 Å². The van der Waals surface area contributed by atoms with Crippen LogP contribution < -0.4 is 0 Å². The number of unbranched alkanes of at least 4 members (excludes halogenated alkanes) is 2. The highest BCUT2D eigenvalue weighted by atomic mass is 16.7. The molecule has 98 valence electrons. The number of rotatable bonds is 6. The molecule has 17 heavy (non-hydrogen) atoms. The normalized spacial score (nSPS) is 27.9. The molecule has 0 aromatic rings. The van der Waals surface area contributed by atoms with Gasteiger partial charge in [0.25, 0.3) is 0 Å². The molecule has 0 aromatic heterocycles. The third-order valence-corrected chi connectivity index (χ3v) is 3.52. The Bertz CT molecular complexity index is 266. The molecule has 0 aliphatic carbocycles. The minimum absolute atomic E-state index is 0.157. The van der Waals surface area contributed by atoms with Crippen molar-refractivity contribution in [1.29, 1.82) is 0 Å². The number of methoxy groups -OCH3 is 1. The zero-order chi connectivity index (χ0) is 12.7. The van der Waals surface area contributed by atoms with Crippen LogP contribution in [-0.2, 0) is 9.47 Å². The highest BCUT2D eigenvalue weighted by Crippen LogP contribution is 2.30. The third-order valence-electron chi connectivity index (χ3n) is 3.52. The zero-order valence-electron chi connectivity index (χ0n) is 11.5. The van der Waals surface area contributed by atoms with Crippen molar-refractivity contribution in [3.8, 4) is 0 Å². The largest absolute Gasteiger partial charge is 0.352 e. The van der Waals surface area contributed by atoms with Crippen molar-refractivity contribution in [3.05, 3.63) is 23.8 Å². The van der Waals surface area contributed by atoms with Gasteiger partial charge in [0.15, 0.2) is 6.29 Å². The summed E-state index contributed by atoms with van der Waals surface area (Å²) in [6.45, 7) is 9.00. The molecule has 2 nitrogen and oxygen atoms in total. The molecule has 0 N–H and O–H groups in total. The van der Waals surface area contributed by atoms with E-state index in [-0.39, 0.29) is 6.29 Å². The molecule has 1 aliphatic heterocycles. The van der Waals surface area contributed by atoms with Crippen molar-refractivity contribution >= 4 is 0 Å². The summed E-state index contributed by atoms with van der Waals surface area (Å²) in [4.78, 5) is 0. The monoisotopic (exact) mass is 238 g/mol. The molecule has 1 heterocycles. The maximum Gasteiger partial charge on any atom is 0.179 e. The lowest BCUT2D eigenvalue weighted by Crippen LogP contribution is -2.30. The topological polar surface area (TPSA) is 18.5 Å². The summed E-state index contributed by atoms with van der Waals surface area (Å²) in [5.74, 6) is 0.651. The highest BCUT2D eigenvalue weighted by molar-refractivity contribution is 5.25. The van der Waals surface area contributed by atoms with Gasteiger partial charge >= 0.3 is 0 Å². The van der Waals surface area contributed by atoms with Crippen molar-refractivity contribution in [2.75, 3.05) is 13.7 Å². The van der Waals surface area contributed by atoms with Crippen LogP contribution in [-0.4, -0.2) is 20.0 Å². The Morgan fingerprint density at radius 3 is 2.88 bits per heavy atom. The molecule has 0 spiro atoms. The summed E-state index contributed by atoms with van der Waals surface area (Å²) >= 11 is 0. The number of hydrogen-bond acceptors (Lipinski definition) is 2. The van der Waals surface area contributed by atoms with Crippen molar-refractivity contribution in [2.45, 2.75) is 52.2 Å². The molecule has 1 rings (SSSR count). The molecule has 1 saturated heterocycles. The lowest BCUT2D eigenvalue weighted by Gasteiger charge is -2.31. The first-order valence-corrected chi connectivity index (χ1v) is 6.69. The maximum atomic E-state index is 5.78. The first kappa shape index (κ1) is 14.5. The maximum absolute atomic E-state index is 5.78. The summed E-state index contributed by atoms with van der Waals surface area (Å²) in [7, 11) is 1.71. The van der Waals surface area contributed by atoms with Gasteiger partial charge in [-0.25, -0.2) is 0 Å². The van der Waals surface area contributed by atoms with Crippen LogP contribution in [0, 0.1) is 5.92 Å². The van der Waals surface area contributed by atoms with Gasteiger partial charge in [-0.1, -0.05) is 38.8 Å². The first-order valence-electron chi connectivity index (χ1n) is 6.69. The van der Waals surface area contributed by atoms with E-state index in [9.17, 15) is 0 Å². The minimum Gasteiger partial charge on any atom is -0.352 e. The zero-order valence-corrected chi connectivity index (χ0v) is 11.5. The van der Waals surface area contributed by atoms with Gasteiger partial charge in [-0.3, -0.25) is 0 Å². The summed E-state index contributed by atoms with van der Waals surface area (Å²) in [5, 5.41) is 0. The van der Waals surface area contributed by atoms with E-state index in [2.05, 4.69) is 20.4 Å². The van der Waals surface area contributed by atoms with Crippen LogP contribution in [0.4, 0.5) is 0 Å². The molecule has 1 fully saturated rings. The molecule has 0 radical (unpaired) electrons. The van der Waals surface area contributed by atoms with Crippen molar-refractivity contribution < 1.29 is 9.47 Å². The standard InChI is InChI=1S/C15H26O2/c1-5-7-8-9-13-10-14(12(3)6-2)15(16-4)17-11-13/h6,13,15H,2,5,7-11H2,1,3-4H3/b14-12-/t13?,15-/m1/s1. The quantitative estimate of drug-likeness (QED) is 0.649. The molecular formula is C15H26O2. The predicted molar refractivity (Wildman–Crippen MR) is 71.9 cm³/mol. The van der Waals surface area contributed by atoms with Gasteiger partial charge in [-0.15, -0.1) is 0 Å². The summed E-state index contributed by atoms with van der Waals surface area (Å²) < 4.78 is 11.2. The molecule has 1 unspecified atom stereocenters. The van der Waals surface area contributed by atoms with Crippen LogP contribution in [0.5, 0.6) is 0 Å². The number of allylic oxidation sites excluding steroid dienone is 2. The molecular weight excluding hydrogens is 212 g/mol. The molecule has 0 aromatic carbocycles.